The lowest BCUT2D eigenvalue weighted by atomic mass is 9.78. The molecule has 0 aliphatic heterocycles. The van der Waals surface area contributed by atoms with E-state index < -0.39 is 0 Å². The van der Waals surface area contributed by atoms with Crippen molar-refractivity contribution in [3.63, 3.8) is 0 Å². The van der Waals surface area contributed by atoms with Gasteiger partial charge in [-0.05, 0) is 25.2 Å². The molecule has 0 N–H and O–H groups in total. The average molecular weight is 239 g/mol. The highest BCUT2D eigenvalue weighted by atomic mass is 16.7. The lowest BCUT2D eigenvalue weighted by molar-refractivity contribution is -0.147. The smallest absolute Gasteiger partial charge is 0.318 e. The Morgan fingerprint density at radius 1 is 1.41 bits per heavy atom. The summed E-state index contributed by atoms with van der Waals surface area (Å²) < 4.78 is 0. The molecule has 2 atom stereocenters. The number of carbonyl (C=O) groups is 1. The predicted octanol–water partition coefficient (Wildman–Crippen LogP) is 3.78. The van der Waals surface area contributed by atoms with Crippen LogP contribution in [0.3, 0.4) is 0 Å². The summed E-state index contributed by atoms with van der Waals surface area (Å²) in [5.41, 5.74) is 1.10. The summed E-state index contributed by atoms with van der Waals surface area (Å²) in [6, 6.07) is 0. The summed E-state index contributed by atoms with van der Waals surface area (Å²) in [5, 5.41) is 4.12. The van der Waals surface area contributed by atoms with Gasteiger partial charge in [0.1, 0.15) is 0 Å². The zero-order chi connectivity index (χ0) is 12.8. The molecule has 0 saturated heterocycles. The van der Waals surface area contributed by atoms with Crippen molar-refractivity contribution in [2.45, 2.75) is 59.8 Å². The summed E-state index contributed by atoms with van der Waals surface area (Å²) in [6.45, 7) is 8.12. The fourth-order valence-corrected chi connectivity index (χ4v) is 2.24. The Bertz CT molecular complexity index is 284. The van der Waals surface area contributed by atoms with E-state index in [1.807, 2.05) is 13.8 Å². The molecule has 1 aliphatic carbocycles. The molecule has 0 bridgehead atoms. The predicted molar refractivity (Wildman–Crippen MR) is 69.8 cm³/mol. The van der Waals surface area contributed by atoms with Crippen molar-refractivity contribution in [2.24, 2.45) is 22.9 Å². The number of oxime groups is 1. The number of hydrogen-bond acceptors (Lipinski definition) is 3. The first-order chi connectivity index (χ1) is 8.06. The van der Waals surface area contributed by atoms with Crippen molar-refractivity contribution in [2.75, 3.05) is 0 Å². The van der Waals surface area contributed by atoms with Gasteiger partial charge < -0.3 is 4.84 Å². The van der Waals surface area contributed by atoms with Gasteiger partial charge in [0.25, 0.3) is 0 Å². The van der Waals surface area contributed by atoms with Crippen LogP contribution in [-0.4, -0.2) is 11.7 Å². The second-order valence-electron chi connectivity index (χ2n) is 5.39. The van der Waals surface area contributed by atoms with E-state index in [2.05, 4.69) is 19.0 Å². The Labute approximate surface area is 105 Å². The average Bonchev–Trinajstić information content (AvgIpc) is 2.35. The number of carbonyl (C=O) groups excluding carboxylic acids is 1. The van der Waals surface area contributed by atoms with E-state index in [9.17, 15) is 4.79 Å². The molecule has 0 aromatic heterocycles. The van der Waals surface area contributed by atoms with Crippen LogP contribution in [0.5, 0.6) is 0 Å². The van der Waals surface area contributed by atoms with Crippen LogP contribution in [0.4, 0.5) is 0 Å². The van der Waals surface area contributed by atoms with E-state index in [1.165, 1.54) is 19.3 Å². The molecule has 3 heteroatoms. The maximum absolute atomic E-state index is 11.4. The molecular formula is C14H25NO2. The molecule has 0 aromatic rings. The van der Waals surface area contributed by atoms with Crippen LogP contribution in [0.1, 0.15) is 59.8 Å². The first-order valence-electron chi connectivity index (χ1n) is 6.83. The van der Waals surface area contributed by atoms with Crippen LogP contribution in [0.15, 0.2) is 5.16 Å². The van der Waals surface area contributed by atoms with Crippen LogP contribution in [0.2, 0.25) is 0 Å². The van der Waals surface area contributed by atoms with E-state index in [0.29, 0.717) is 11.8 Å². The second kappa shape index (κ2) is 6.77. The van der Waals surface area contributed by atoms with E-state index in [4.69, 9.17) is 4.84 Å². The lowest BCUT2D eigenvalue weighted by Crippen LogP contribution is -2.26. The van der Waals surface area contributed by atoms with E-state index >= 15 is 0 Å². The largest absolute Gasteiger partial charge is 0.337 e. The maximum atomic E-state index is 11.4. The summed E-state index contributed by atoms with van der Waals surface area (Å²) in [5.74, 6) is 0.802. The molecule has 1 saturated carbocycles. The van der Waals surface area contributed by atoms with Gasteiger partial charge in [0, 0.05) is 5.92 Å². The summed E-state index contributed by atoms with van der Waals surface area (Å²) in [7, 11) is 0. The van der Waals surface area contributed by atoms with Crippen molar-refractivity contribution in [3.05, 3.63) is 0 Å². The van der Waals surface area contributed by atoms with Gasteiger partial charge in [-0.2, -0.15) is 0 Å². The van der Waals surface area contributed by atoms with Crippen molar-refractivity contribution >= 4 is 11.7 Å². The standard InChI is InChI=1S/C14H25NO2/c1-5-11(4)12-8-6-7-9-13(12)15-17-14(16)10(2)3/h10-12H,5-9H2,1-4H3. The van der Waals surface area contributed by atoms with Crippen molar-refractivity contribution in [1.82, 2.24) is 0 Å². The molecule has 98 valence electrons. The van der Waals surface area contributed by atoms with Crippen molar-refractivity contribution in [1.29, 1.82) is 0 Å². The molecule has 1 fully saturated rings. The second-order valence-corrected chi connectivity index (χ2v) is 5.39. The topological polar surface area (TPSA) is 38.7 Å². The molecule has 0 aromatic carbocycles. The molecular weight excluding hydrogens is 214 g/mol. The Kier molecular flexibility index (Phi) is 5.66. The van der Waals surface area contributed by atoms with Crippen LogP contribution in [0, 0.1) is 17.8 Å². The van der Waals surface area contributed by atoms with Crippen LogP contribution < -0.4 is 0 Å². The van der Waals surface area contributed by atoms with E-state index in [1.54, 1.807) is 0 Å². The molecule has 0 radical (unpaired) electrons. The van der Waals surface area contributed by atoms with E-state index in [-0.39, 0.29) is 11.9 Å². The Hall–Kier alpha value is -0.860. The van der Waals surface area contributed by atoms with Crippen molar-refractivity contribution < 1.29 is 9.63 Å². The highest BCUT2D eigenvalue weighted by molar-refractivity contribution is 5.87. The zero-order valence-electron chi connectivity index (χ0n) is 11.5. The van der Waals surface area contributed by atoms with Gasteiger partial charge in [-0.25, -0.2) is 4.79 Å². The third-order valence-electron chi connectivity index (χ3n) is 3.68. The molecule has 17 heavy (non-hydrogen) atoms. The minimum absolute atomic E-state index is 0.106. The molecule has 0 heterocycles. The number of rotatable bonds is 4. The monoisotopic (exact) mass is 239 g/mol. The molecule has 1 aliphatic rings. The van der Waals surface area contributed by atoms with Crippen molar-refractivity contribution in [3.8, 4) is 0 Å². The van der Waals surface area contributed by atoms with Gasteiger partial charge in [-0.1, -0.05) is 45.7 Å². The zero-order valence-corrected chi connectivity index (χ0v) is 11.5. The first-order valence-corrected chi connectivity index (χ1v) is 6.83. The number of hydrogen-bond donors (Lipinski definition) is 0. The molecule has 3 nitrogen and oxygen atoms in total. The third kappa shape index (κ3) is 4.14. The summed E-state index contributed by atoms with van der Waals surface area (Å²) >= 11 is 0. The van der Waals surface area contributed by atoms with Crippen LogP contribution in [-0.2, 0) is 9.63 Å². The lowest BCUT2D eigenvalue weighted by Gasteiger charge is -2.28. The Morgan fingerprint density at radius 2 is 2.12 bits per heavy atom. The minimum Gasteiger partial charge on any atom is -0.318 e. The van der Waals surface area contributed by atoms with Gasteiger partial charge in [0.15, 0.2) is 0 Å². The summed E-state index contributed by atoms with van der Waals surface area (Å²) in [4.78, 5) is 16.4. The highest BCUT2D eigenvalue weighted by Gasteiger charge is 2.25. The number of nitrogens with zero attached hydrogens (tertiary/aromatic N) is 1. The quantitative estimate of drug-likeness (QED) is 0.553. The van der Waals surface area contributed by atoms with Gasteiger partial charge in [-0.3, -0.25) is 0 Å². The van der Waals surface area contributed by atoms with Gasteiger partial charge >= 0.3 is 5.97 Å². The van der Waals surface area contributed by atoms with Gasteiger partial charge in [-0.15, -0.1) is 0 Å². The van der Waals surface area contributed by atoms with Crippen LogP contribution in [0.25, 0.3) is 0 Å². The Morgan fingerprint density at radius 3 is 2.71 bits per heavy atom. The molecule has 2 unspecified atom stereocenters. The first kappa shape index (κ1) is 14.2. The summed E-state index contributed by atoms with van der Waals surface area (Å²) in [6.07, 6.45) is 5.77. The maximum Gasteiger partial charge on any atom is 0.337 e. The Balaban J connectivity index is 2.64. The van der Waals surface area contributed by atoms with Gasteiger partial charge in [0.2, 0.25) is 0 Å². The minimum atomic E-state index is -0.231. The SMILES string of the molecule is CCC(C)C1CCCCC1=NOC(=O)C(C)C. The fourth-order valence-electron chi connectivity index (χ4n) is 2.24. The third-order valence-corrected chi connectivity index (χ3v) is 3.68. The van der Waals surface area contributed by atoms with Gasteiger partial charge in [0.05, 0.1) is 11.6 Å². The normalized spacial score (nSPS) is 25.0. The molecule has 0 spiro atoms. The van der Waals surface area contributed by atoms with E-state index in [0.717, 1.165) is 18.6 Å². The van der Waals surface area contributed by atoms with Crippen LogP contribution >= 0.6 is 0 Å². The molecule has 0 amide bonds. The highest BCUT2D eigenvalue weighted by Crippen LogP contribution is 2.29. The fraction of sp³-hybridized carbons (Fsp3) is 0.857. The molecule has 1 rings (SSSR count).